The van der Waals surface area contributed by atoms with E-state index in [-0.39, 0.29) is 6.04 Å². The summed E-state index contributed by atoms with van der Waals surface area (Å²) in [6.07, 6.45) is 1.44. The Morgan fingerprint density at radius 1 is 1.30 bits per heavy atom. The van der Waals surface area contributed by atoms with Gasteiger partial charge in [-0.15, -0.1) is 0 Å². The summed E-state index contributed by atoms with van der Waals surface area (Å²) in [5.74, 6) is -0.0849. The number of rotatable bonds is 6. The lowest BCUT2D eigenvalue weighted by Gasteiger charge is -2.33. The van der Waals surface area contributed by atoms with Crippen LogP contribution in [0.2, 0.25) is 10.0 Å². The number of carboxylic acid groups (broad SMARTS) is 1. The minimum Gasteiger partial charge on any atom is -0.494 e. The van der Waals surface area contributed by atoms with Crippen molar-refractivity contribution in [1.29, 1.82) is 0 Å². The molecule has 3 rings (SSSR count). The van der Waals surface area contributed by atoms with Crippen molar-refractivity contribution in [3.63, 3.8) is 0 Å². The van der Waals surface area contributed by atoms with Gasteiger partial charge in [0.15, 0.2) is 0 Å². The number of benzene rings is 2. The van der Waals surface area contributed by atoms with Gasteiger partial charge >= 0.3 is 5.97 Å². The van der Waals surface area contributed by atoms with Gasteiger partial charge in [0, 0.05) is 16.6 Å². The lowest BCUT2D eigenvalue weighted by atomic mass is 9.95. The summed E-state index contributed by atoms with van der Waals surface area (Å²) in [5.41, 5.74) is 1.79. The van der Waals surface area contributed by atoms with Gasteiger partial charge in [-0.3, -0.25) is 9.69 Å². The van der Waals surface area contributed by atoms with Crippen LogP contribution in [-0.4, -0.2) is 35.2 Å². The first-order valence-electron chi connectivity index (χ1n) is 8.78. The van der Waals surface area contributed by atoms with Crippen LogP contribution in [0, 0.1) is 0 Å². The van der Waals surface area contributed by atoms with Crippen LogP contribution in [0.25, 0.3) is 0 Å². The number of aliphatic carboxylic acids is 1. The summed E-state index contributed by atoms with van der Waals surface area (Å²) < 4.78 is 6.75. The van der Waals surface area contributed by atoms with Crippen LogP contribution < -0.4 is 4.74 Å². The topological polar surface area (TPSA) is 49.8 Å². The van der Waals surface area contributed by atoms with E-state index >= 15 is 0 Å². The van der Waals surface area contributed by atoms with Crippen molar-refractivity contribution in [2.24, 2.45) is 0 Å². The number of carbonyl (C=O) groups is 1. The number of halogens is 3. The van der Waals surface area contributed by atoms with Crippen LogP contribution in [-0.2, 0) is 4.79 Å². The number of likely N-dealkylation sites (tertiary alicyclic amines) is 1. The van der Waals surface area contributed by atoms with E-state index < -0.39 is 12.0 Å². The Morgan fingerprint density at radius 3 is 2.74 bits per heavy atom. The molecule has 1 aliphatic rings. The fourth-order valence-corrected chi connectivity index (χ4v) is 4.30. The quantitative estimate of drug-likeness (QED) is 0.577. The Bertz CT molecular complexity index is 846. The highest BCUT2D eigenvalue weighted by molar-refractivity contribution is 9.10. The Kier molecular flexibility index (Phi) is 6.69. The van der Waals surface area contributed by atoms with E-state index in [2.05, 4.69) is 15.9 Å². The maximum Gasteiger partial charge on any atom is 0.320 e. The molecule has 1 N–H and O–H groups in total. The Balaban J connectivity index is 2.17. The molecule has 0 saturated carbocycles. The lowest BCUT2D eigenvalue weighted by molar-refractivity contribution is -0.142. The van der Waals surface area contributed by atoms with Crippen LogP contribution in [0.15, 0.2) is 40.9 Å². The Hall–Kier alpha value is -1.27. The molecule has 1 saturated heterocycles. The summed E-state index contributed by atoms with van der Waals surface area (Å²) in [6, 6.07) is 10.4. The molecule has 7 heteroatoms. The van der Waals surface area contributed by atoms with Crippen molar-refractivity contribution in [1.82, 2.24) is 4.90 Å². The van der Waals surface area contributed by atoms with E-state index in [9.17, 15) is 9.90 Å². The first-order chi connectivity index (χ1) is 12.9. The summed E-state index contributed by atoms with van der Waals surface area (Å²) in [5, 5.41) is 10.6. The number of ether oxygens (including phenoxy) is 1. The molecule has 1 aliphatic heterocycles. The second-order valence-electron chi connectivity index (χ2n) is 6.43. The van der Waals surface area contributed by atoms with Gasteiger partial charge < -0.3 is 9.84 Å². The van der Waals surface area contributed by atoms with Gasteiger partial charge in [0.1, 0.15) is 11.8 Å². The molecule has 1 heterocycles. The third-order valence-electron chi connectivity index (χ3n) is 4.74. The van der Waals surface area contributed by atoms with E-state index in [1.807, 2.05) is 42.2 Å². The molecule has 0 radical (unpaired) electrons. The van der Waals surface area contributed by atoms with Crippen LogP contribution in [0.4, 0.5) is 0 Å². The fourth-order valence-electron chi connectivity index (χ4n) is 3.62. The Labute approximate surface area is 177 Å². The molecule has 144 valence electrons. The second-order valence-corrected chi connectivity index (χ2v) is 8.16. The van der Waals surface area contributed by atoms with E-state index in [0.29, 0.717) is 29.6 Å². The van der Waals surface area contributed by atoms with Crippen molar-refractivity contribution in [2.45, 2.75) is 31.8 Å². The van der Waals surface area contributed by atoms with E-state index in [4.69, 9.17) is 27.9 Å². The average Bonchev–Trinajstić information content (AvgIpc) is 3.10. The zero-order valence-electron chi connectivity index (χ0n) is 14.8. The maximum absolute atomic E-state index is 11.8. The van der Waals surface area contributed by atoms with Crippen molar-refractivity contribution >= 4 is 45.1 Å². The zero-order chi connectivity index (χ0) is 19.6. The molecular formula is C20H20BrCl2NO3. The van der Waals surface area contributed by atoms with Crippen LogP contribution in [0.5, 0.6) is 5.75 Å². The minimum atomic E-state index is -0.814. The number of hydrogen-bond acceptors (Lipinski definition) is 3. The van der Waals surface area contributed by atoms with E-state index in [0.717, 1.165) is 27.8 Å². The standard InChI is InChI=1S/C20H20BrCl2NO3/c1-2-27-18-8-6-13(21)11-14(18)19(12-5-7-15(22)16(23)10-12)24-9-3-4-17(24)20(25)26/h5-8,10-11,17,19H,2-4,9H2,1H3,(H,25,26). The number of hydrogen-bond donors (Lipinski definition) is 1. The number of carboxylic acids is 1. The van der Waals surface area contributed by atoms with Gasteiger partial charge in [-0.25, -0.2) is 0 Å². The molecule has 0 amide bonds. The summed E-state index contributed by atoms with van der Waals surface area (Å²) in [7, 11) is 0. The molecular weight excluding hydrogens is 453 g/mol. The summed E-state index contributed by atoms with van der Waals surface area (Å²) in [4.78, 5) is 13.9. The molecule has 2 atom stereocenters. The highest BCUT2D eigenvalue weighted by atomic mass is 79.9. The van der Waals surface area contributed by atoms with Gasteiger partial charge in [-0.1, -0.05) is 45.2 Å². The van der Waals surface area contributed by atoms with Gasteiger partial charge in [0.25, 0.3) is 0 Å². The molecule has 2 unspecified atom stereocenters. The number of nitrogens with zero attached hydrogens (tertiary/aromatic N) is 1. The zero-order valence-corrected chi connectivity index (χ0v) is 17.9. The highest BCUT2D eigenvalue weighted by Gasteiger charge is 2.38. The molecule has 2 aromatic rings. The van der Waals surface area contributed by atoms with Crippen molar-refractivity contribution in [3.8, 4) is 5.75 Å². The lowest BCUT2D eigenvalue weighted by Crippen LogP contribution is -2.39. The second kappa shape index (κ2) is 8.82. The average molecular weight is 473 g/mol. The normalized spacial score (nSPS) is 18.4. The maximum atomic E-state index is 11.8. The fraction of sp³-hybridized carbons (Fsp3) is 0.350. The van der Waals surface area contributed by atoms with Gasteiger partial charge in [0.05, 0.1) is 22.7 Å². The minimum absolute atomic E-state index is 0.303. The van der Waals surface area contributed by atoms with Gasteiger partial charge in [-0.2, -0.15) is 0 Å². The SMILES string of the molecule is CCOc1ccc(Br)cc1C(c1ccc(Cl)c(Cl)c1)N1CCCC1C(=O)O. The molecule has 0 aromatic heterocycles. The molecule has 27 heavy (non-hydrogen) atoms. The van der Waals surface area contributed by atoms with Crippen molar-refractivity contribution in [3.05, 3.63) is 62.0 Å². The van der Waals surface area contributed by atoms with E-state index in [1.54, 1.807) is 6.07 Å². The predicted molar refractivity (Wildman–Crippen MR) is 111 cm³/mol. The third-order valence-corrected chi connectivity index (χ3v) is 5.97. The highest BCUT2D eigenvalue weighted by Crippen LogP contribution is 2.41. The van der Waals surface area contributed by atoms with Gasteiger partial charge in [0.2, 0.25) is 0 Å². The van der Waals surface area contributed by atoms with Gasteiger partial charge in [-0.05, 0) is 55.7 Å². The van der Waals surface area contributed by atoms with E-state index in [1.165, 1.54) is 0 Å². The van der Waals surface area contributed by atoms with Crippen LogP contribution in [0.1, 0.15) is 36.9 Å². The molecule has 0 bridgehead atoms. The van der Waals surface area contributed by atoms with Crippen LogP contribution >= 0.6 is 39.1 Å². The molecule has 0 aliphatic carbocycles. The molecule has 1 fully saturated rings. The van der Waals surface area contributed by atoms with Crippen molar-refractivity contribution in [2.75, 3.05) is 13.2 Å². The first-order valence-corrected chi connectivity index (χ1v) is 10.3. The molecule has 0 spiro atoms. The monoisotopic (exact) mass is 471 g/mol. The summed E-state index contributed by atoms with van der Waals surface area (Å²) in [6.45, 7) is 3.13. The Morgan fingerprint density at radius 2 is 2.07 bits per heavy atom. The smallest absolute Gasteiger partial charge is 0.320 e. The predicted octanol–water partition coefficient (Wildman–Crippen LogP) is 5.79. The largest absolute Gasteiger partial charge is 0.494 e. The first kappa shape index (κ1) is 20.5. The summed E-state index contributed by atoms with van der Waals surface area (Å²) >= 11 is 15.9. The van der Waals surface area contributed by atoms with Crippen molar-refractivity contribution < 1.29 is 14.6 Å². The van der Waals surface area contributed by atoms with Crippen LogP contribution in [0.3, 0.4) is 0 Å². The molecule has 2 aromatic carbocycles. The molecule has 4 nitrogen and oxygen atoms in total. The third kappa shape index (κ3) is 4.43.